The van der Waals surface area contributed by atoms with Crippen LogP contribution in [-0.2, 0) is 9.59 Å². The van der Waals surface area contributed by atoms with E-state index in [4.69, 9.17) is 14.1 Å². The Kier molecular flexibility index (Phi) is 5.90. The van der Waals surface area contributed by atoms with Gasteiger partial charge in [-0.1, -0.05) is 24.3 Å². The van der Waals surface area contributed by atoms with Crippen molar-refractivity contribution in [3.8, 4) is 5.75 Å². The highest BCUT2D eigenvalue weighted by Crippen LogP contribution is 2.44. The third-order valence-corrected chi connectivity index (χ3v) is 6.88. The van der Waals surface area contributed by atoms with Crippen molar-refractivity contribution in [1.82, 2.24) is 4.98 Å². The molecular formula is C27H24N2O5S. The number of aliphatic hydroxyl groups is 1. The number of aryl methyl sites for hydroxylation is 2. The molecule has 0 bridgehead atoms. The van der Waals surface area contributed by atoms with Crippen molar-refractivity contribution in [2.75, 3.05) is 11.5 Å². The number of thiazole rings is 1. The van der Waals surface area contributed by atoms with E-state index in [1.165, 1.54) is 22.5 Å². The molecule has 2 aromatic heterocycles. The van der Waals surface area contributed by atoms with Gasteiger partial charge in [-0.3, -0.25) is 14.5 Å². The Labute approximate surface area is 206 Å². The highest BCUT2D eigenvalue weighted by molar-refractivity contribution is 7.22. The van der Waals surface area contributed by atoms with E-state index in [-0.39, 0.29) is 11.3 Å². The number of rotatable bonds is 6. The Hall–Kier alpha value is -3.91. The van der Waals surface area contributed by atoms with Gasteiger partial charge in [-0.15, -0.1) is 0 Å². The minimum Gasteiger partial charge on any atom is -0.507 e. The molecule has 1 unspecified atom stereocenters. The van der Waals surface area contributed by atoms with Gasteiger partial charge in [0.15, 0.2) is 5.13 Å². The molecule has 1 fully saturated rings. The number of amides is 1. The summed E-state index contributed by atoms with van der Waals surface area (Å²) in [5.74, 6) is -0.804. The lowest BCUT2D eigenvalue weighted by molar-refractivity contribution is -0.132. The second-order valence-corrected chi connectivity index (χ2v) is 9.49. The van der Waals surface area contributed by atoms with Gasteiger partial charge in [-0.05, 0) is 73.9 Å². The van der Waals surface area contributed by atoms with E-state index in [9.17, 15) is 14.7 Å². The molecule has 7 nitrogen and oxygen atoms in total. The quantitative estimate of drug-likeness (QED) is 0.206. The van der Waals surface area contributed by atoms with Crippen LogP contribution >= 0.6 is 11.3 Å². The van der Waals surface area contributed by atoms with Gasteiger partial charge in [0.2, 0.25) is 0 Å². The molecule has 3 heterocycles. The summed E-state index contributed by atoms with van der Waals surface area (Å²) >= 11 is 1.33. The average Bonchev–Trinajstić information content (AvgIpc) is 3.57. The maximum absolute atomic E-state index is 13.3. The van der Waals surface area contributed by atoms with Crippen molar-refractivity contribution in [1.29, 1.82) is 0 Å². The fourth-order valence-electron chi connectivity index (χ4n) is 4.29. The maximum atomic E-state index is 13.3. The molecule has 1 amide bonds. The fraction of sp³-hybridized carbons (Fsp3) is 0.222. The summed E-state index contributed by atoms with van der Waals surface area (Å²) in [5, 5.41) is 11.6. The first-order valence-electron chi connectivity index (χ1n) is 11.3. The third-order valence-electron chi connectivity index (χ3n) is 5.88. The van der Waals surface area contributed by atoms with E-state index < -0.39 is 17.7 Å². The van der Waals surface area contributed by atoms with Crippen molar-refractivity contribution in [3.05, 3.63) is 82.8 Å². The number of ether oxygens (including phenoxy) is 1. The summed E-state index contributed by atoms with van der Waals surface area (Å²) < 4.78 is 12.2. The third kappa shape index (κ3) is 4.00. The smallest absolute Gasteiger partial charge is 0.302 e. The van der Waals surface area contributed by atoms with Crippen LogP contribution in [0.25, 0.3) is 16.0 Å². The van der Waals surface area contributed by atoms with E-state index >= 15 is 0 Å². The predicted octanol–water partition coefficient (Wildman–Crippen LogP) is 5.92. The molecule has 4 aromatic rings. The second-order valence-electron chi connectivity index (χ2n) is 8.48. The molecule has 35 heavy (non-hydrogen) atoms. The molecule has 0 aliphatic carbocycles. The number of Topliss-reactive ketones (excluding diaryl/α,β-unsaturated/α-hetero) is 1. The molecule has 8 heteroatoms. The number of hydrogen-bond donors (Lipinski definition) is 1. The topological polar surface area (TPSA) is 92.9 Å². The number of ketones is 1. The standard InChI is InChI=1S/C27H24N2O5S/c1-4-11-33-18-9-7-17(8-10-18)24(30)21-23(19-6-5-12-34-19)29(26(32)25(21)31)27-28-22-16(3)13-15(2)14-20(22)35-27/h5-10,12-14,23,30H,4,11H2,1-3H3/b24-21+. The van der Waals surface area contributed by atoms with Crippen LogP contribution < -0.4 is 9.64 Å². The Balaban J connectivity index is 1.63. The summed E-state index contributed by atoms with van der Waals surface area (Å²) in [4.78, 5) is 32.6. The lowest BCUT2D eigenvalue weighted by atomic mass is 9.99. The van der Waals surface area contributed by atoms with Gasteiger partial charge >= 0.3 is 5.91 Å². The minimum absolute atomic E-state index is 0.0423. The van der Waals surface area contributed by atoms with E-state index in [2.05, 4.69) is 0 Å². The first-order chi connectivity index (χ1) is 16.9. The highest BCUT2D eigenvalue weighted by atomic mass is 32.1. The molecule has 1 aliphatic rings. The number of aliphatic hydroxyl groups excluding tert-OH is 1. The molecule has 2 aromatic carbocycles. The maximum Gasteiger partial charge on any atom is 0.302 e. The summed E-state index contributed by atoms with van der Waals surface area (Å²) in [6.45, 7) is 6.56. The van der Waals surface area contributed by atoms with Gasteiger partial charge in [0.1, 0.15) is 23.3 Å². The average molecular weight is 489 g/mol. The Morgan fingerprint density at radius 1 is 1.17 bits per heavy atom. The minimum atomic E-state index is -0.942. The van der Waals surface area contributed by atoms with Crippen LogP contribution in [0.3, 0.4) is 0 Å². The van der Waals surface area contributed by atoms with E-state index in [0.29, 0.717) is 28.8 Å². The number of hydrogen-bond acceptors (Lipinski definition) is 7. The van der Waals surface area contributed by atoms with Crippen molar-refractivity contribution < 1.29 is 23.8 Å². The molecule has 1 aliphatic heterocycles. The Bertz CT molecular complexity index is 1450. The number of benzene rings is 2. The van der Waals surface area contributed by atoms with E-state index in [0.717, 1.165) is 27.8 Å². The van der Waals surface area contributed by atoms with Crippen LogP contribution in [0.2, 0.25) is 0 Å². The molecule has 1 atom stereocenters. The zero-order chi connectivity index (χ0) is 24.7. The highest BCUT2D eigenvalue weighted by Gasteiger charge is 2.49. The predicted molar refractivity (Wildman–Crippen MR) is 135 cm³/mol. The molecule has 0 spiro atoms. The van der Waals surface area contributed by atoms with Gasteiger partial charge in [0.25, 0.3) is 5.78 Å². The van der Waals surface area contributed by atoms with E-state index in [1.54, 1.807) is 36.4 Å². The first kappa shape index (κ1) is 22.9. The number of furan rings is 1. The van der Waals surface area contributed by atoms with Gasteiger partial charge in [-0.2, -0.15) is 0 Å². The lowest BCUT2D eigenvalue weighted by Gasteiger charge is -2.20. The molecule has 1 saturated heterocycles. The molecule has 5 rings (SSSR count). The second kappa shape index (κ2) is 9.03. The van der Waals surface area contributed by atoms with Crippen LogP contribution in [0.4, 0.5) is 5.13 Å². The van der Waals surface area contributed by atoms with Crippen LogP contribution in [0.15, 0.2) is 64.8 Å². The normalized spacial score (nSPS) is 17.5. The van der Waals surface area contributed by atoms with Crippen molar-refractivity contribution in [2.45, 2.75) is 33.2 Å². The van der Waals surface area contributed by atoms with Gasteiger partial charge < -0.3 is 14.3 Å². The molecule has 178 valence electrons. The van der Waals surface area contributed by atoms with Crippen molar-refractivity contribution in [3.63, 3.8) is 0 Å². The SMILES string of the molecule is CCCOc1ccc(/C(O)=C2\C(=O)C(=O)N(c3nc4c(C)cc(C)cc4s3)C2c2ccco2)cc1. The molecule has 0 radical (unpaired) electrons. The zero-order valence-corrected chi connectivity index (χ0v) is 20.4. The number of anilines is 1. The Morgan fingerprint density at radius 2 is 1.94 bits per heavy atom. The summed E-state index contributed by atoms with van der Waals surface area (Å²) in [5.41, 5.74) is 3.21. The van der Waals surface area contributed by atoms with Crippen LogP contribution in [0.5, 0.6) is 5.75 Å². The van der Waals surface area contributed by atoms with Gasteiger partial charge in [0.05, 0.1) is 28.7 Å². The fourth-order valence-corrected chi connectivity index (χ4v) is 5.46. The van der Waals surface area contributed by atoms with Crippen molar-refractivity contribution in [2.24, 2.45) is 0 Å². The van der Waals surface area contributed by atoms with Crippen LogP contribution in [-0.4, -0.2) is 28.4 Å². The van der Waals surface area contributed by atoms with Gasteiger partial charge in [-0.25, -0.2) is 4.98 Å². The molecule has 0 saturated carbocycles. The van der Waals surface area contributed by atoms with Gasteiger partial charge in [0, 0.05) is 5.56 Å². The number of aromatic nitrogens is 1. The summed E-state index contributed by atoms with van der Waals surface area (Å²) in [7, 11) is 0. The first-order valence-corrected chi connectivity index (χ1v) is 12.2. The number of fused-ring (bicyclic) bond motifs is 1. The van der Waals surface area contributed by atoms with Crippen LogP contribution in [0.1, 0.15) is 41.8 Å². The molecular weight excluding hydrogens is 464 g/mol. The van der Waals surface area contributed by atoms with E-state index in [1.807, 2.05) is 32.9 Å². The number of carbonyl (C=O) groups excluding carboxylic acids is 2. The summed E-state index contributed by atoms with van der Waals surface area (Å²) in [6.07, 6.45) is 2.35. The zero-order valence-electron chi connectivity index (χ0n) is 19.6. The molecule has 1 N–H and O–H groups in total. The number of carbonyl (C=O) groups is 2. The van der Waals surface area contributed by atoms with Crippen molar-refractivity contribution >= 4 is 44.1 Å². The lowest BCUT2D eigenvalue weighted by Crippen LogP contribution is -2.29. The van der Waals surface area contributed by atoms with Crippen LogP contribution in [0, 0.1) is 13.8 Å². The monoisotopic (exact) mass is 488 g/mol. The Morgan fingerprint density at radius 3 is 2.63 bits per heavy atom. The summed E-state index contributed by atoms with van der Waals surface area (Å²) in [6, 6.07) is 13.2. The number of nitrogens with zero attached hydrogens (tertiary/aromatic N) is 2. The largest absolute Gasteiger partial charge is 0.507 e.